The van der Waals surface area contributed by atoms with Crippen molar-refractivity contribution in [3.8, 4) is 0 Å². The van der Waals surface area contributed by atoms with Crippen LogP contribution in [-0.2, 0) is 19.2 Å². The molecule has 23 heavy (non-hydrogen) atoms. The molecule has 0 bridgehead atoms. The summed E-state index contributed by atoms with van der Waals surface area (Å²) in [5.74, 6) is -3.04. The number of nitrogens with zero attached hydrogens (tertiary/aromatic N) is 2. The van der Waals surface area contributed by atoms with E-state index in [4.69, 9.17) is 0 Å². The molecule has 1 aliphatic rings. The van der Waals surface area contributed by atoms with Crippen LogP contribution in [0.2, 0.25) is 0 Å². The minimum absolute atomic E-state index is 0.00389. The predicted molar refractivity (Wildman–Crippen MR) is 79.9 cm³/mol. The lowest BCUT2D eigenvalue weighted by Crippen LogP contribution is -2.45. The minimum atomic E-state index is -1.03. The van der Waals surface area contributed by atoms with Crippen LogP contribution in [0.3, 0.4) is 0 Å². The van der Waals surface area contributed by atoms with Crippen LogP contribution < -0.4 is 10.6 Å². The molecule has 0 spiro atoms. The van der Waals surface area contributed by atoms with Gasteiger partial charge in [0, 0.05) is 12.6 Å². The van der Waals surface area contributed by atoms with Gasteiger partial charge in [0.05, 0.1) is 6.54 Å². The molecular weight excluding hydrogens is 304 g/mol. The summed E-state index contributed by atoms with van der Waals surface area (Å²) >= 11 is 0. The molecule has 0 saturated carbocycles. The van der Waals surface area contributed by atoms with Crippen molar-refractivity contribution in [2.24, 2.45) is 5.92 Å². The molecule has 0 atom stereocenters. The first-order valence-electron chi connectivity index (χ1n) is 7.36. The third-order valence-electron chi connectivity index (χ3n) is 2.88. The Morgan fingerprint density at radius 2 is 1.52 bits per heavy atom. The molecule has 1 fully saturated rings. The second kappa shape index (κ2) is 7.70. The summed E-state index contributed by atoms with van der Waals surface area (Å²) in [5.41, 5.74) is 0. The Labute approximate surface area is 134 Å². The van der Waals surface area contributed by atoms with Crippen molar-refractivity contribution in [1.29, 1.82) is 0 Å². The standard InChI is InChI=1S/C14H22N4O5/c1-8(2)6-17-12(21)13(22)18(14(17)23)7-11(20)15-5-10(19)16-9(3)4/h8-9H,5-7H2,1-4H3,(H,15,20)(H,16,19). The zero-order chi connectivity index (χ0) is 17.7. The van der Waals surface area contributed by atoms with E-state index < -0.39 is 30.3 Å². The van der Waals surface area contributed by atoms with Crippen LogP contribution in [0.4, 0.5) is 4.79 Å². The van der Waals surface area contributed by atoms with Crippen molar-refractivity contribution in [3.63, 3.8) is 0 Å². The van der Waals surface area contributed by atoms with Crippen LogP contribution in [0.1, 0.15) is 27.7 Å². The third-order valence-corrected chi connectivity index (χ3v) is 2.88. The molecule has 0 radical (unpaired) electrons. The maximum Gasteiger partial charge on any atom is 0.334 e. The van der Waals surface area contributed by atoms with Crippen molar-refractivity contribution in [1.82, 2.24) is 20.4 Å². The first-order chi connectivity index (χ1) is 10.6. The average Bonchev–Trinajstić information content (AvgIpc) is 2.62. The first kappa shape index (κ1) is 18.6. The molecule has 0 unspecified atom stereocenters. The van der Waals surface area contributed by atoms with Gasteiger partial charge in [-0.1, -0.05) is 13.8 Å². The fourth-order valence-electron chi connectivity index (χ4n) is 1.97. The topological polar surface area (TPSA) is 116 Å². The van der Waals surface area contributed by atoms with E-state index in [0.717, 1.165) is 4.90 Å². The molecule has 1 saturated heterocycles. The van der Waals surface area contributed by atoms with E-state index in [2.05, 4.69) is 10.6 Å². The highest BCUT2D eigenvalue weighted by molar-refractivity contribution is 6.45. The lowest BCUT2D eigenvalue weighted by atomic mass is 10.2. The molecular formula is C14H22N4O5. The smallest absolute Gasteiger partial charge is 0.334 e. The van der Waals surface area contributed by atoms with E-state index in [1.54, 1.807) is 27.7 Å². The summed E-state index contributed by atoms with van der Waals surface area (Å²) in [7, 11) is 0. The van der Waals surface area contributed by atoms with Crippen LogP contribution in [0.15, 0.2) is 0 Å². The molecule has 0 aromatic rings. The average molecular weight is 326 g/mol. The van der Waals surface area contributed by atoms with Crippen LogP contribution in [0.25, 0.3) is 0 Å². The Kier molecular flexibility index (Phi) is 6.23. The van der Waals surface area contributed by atoms with Gasteiger partial charge in [0.1, 0.15) is 6.54 Å². The van der Waals surface area contributed by atoms with Gasteiger partial charge in [0.15, 0.2) is 0 Å². The number of nitrogens with one attached hydrogen (secondary N) is 2. The van der Waals surface area contributed by atoms with Gasteiger partial charge >= 0.3 is 17.8 Å². The Morgan fingerprint density at radius 3 is 2.04 bits per heavy atom. The second-order valence-electron chi connectivity index (χ2n) is 5.98. The van der Waals surface area contributed by atoms with E-state index in [-0.39, 0.29) is 31.0 Å². The number of hydrogen-bond acceptors (Lipinski definition) is 5. The van der Waals surface area contributed by atoms with Crippen molar-refractivity contribution in [3.05, 3.63) is 0 Å². The fraction of sp³-hybridized carbons (Fsp3) is 0.643. The normalized spacial score (nSPS) is 15.0. The number of amides is 6. The van der Waals surface area contributed by atoms with Gasteiger partial charge in [-0.25, -0.2) is 9.69 Å². The van der Waals surface area contributed by atoms with Gasteiger partial charge in [-0.05, 0) is 19.8 Å². The van der Waals surface area contributed by atoms with E-state index in [1.165, 1.54) is 0 Å². The van der Waals surface area contributed by atoms with Crippen LogP contribution in [0.5, 0.6) is 0 Å². The number of rotatable bonds is 7. The molecule has 0 aliphatic carbocycles. The van der Waals surface area contributed by atoms with Gasteiger partial charge in [0.25, 0.3) is 0 Å². The third kappa shape index (κ3) is 5.04. The molecule has 9 nitrogen and oxygen atoms in total. The number of imide groups is 2. The quantitative estimate of drug-likeness (QED) is 0.463. The molecule has 1 rings (SSSR count). The summed E-state index contributed by atoms with van der Waals surface area (Å²) in [6, 6.07) is -0.876. The summed E-state index contributed by atoms with van der Waals surface area (Å²) in [4.78, 5) is 60.1. The lowest BCUT2D eigenvalue weighted by Gasteiger charge is -2.16. The van der Waals surface area contributed by atoms with Crippen molar-refractivity contribution < 1.29 is 24.0 Å². The SMILES string of the molecule is CC(C)CN1C(=O)C(=O)N(CC(=O)NCC(=O)NC(C)C)C1=O. The zero-order valence-electron chi connectivity index (χ0n) is 13.7. The largest absolute Gasteiger partial charge is 0.352 e. The molecule has 1 heterocycles. The monoisotopic (exact) mass is 326 g/mol. The maximum atomic E-state index is 12.0. The molecule has 6 amide bonds. The van der Waals surface area contributed by atoms with E-state index >= 15 is 0 Å². The minimum Gasteiger partial charge on any atom is -0.352 e. The Balaban J connectivity index is 2.57. The van der Waals surface area contributed by atoms with Crippen LogP contribution in [-0.4, -0.2) is 65.1 Å². The Bertz CT molecular complexity index is 529. The van der Waals surface area contributed by atoms with Gasteiger partial charge in [-0.2, -0.15) is 0 Å². The van der Waals surface area contributed by atoms with Crippen molar-refractivity contribution in [2.45, 2.75) is 33.7 Å². The molecule has 9 heteroatoms. The van der Waals surface area contributed by atoms with E-state index in [1.807, 2.05) is 0 Å². The fourth-order valence-corrected chi connectivity index (χ4v) is 1.97. The lowest BCUT2D eigenvalue weighted by molar-refractivity contribution is -0.144. The Morgan fingerprint density at radius 1 is 0.957 bits per heavy atom. The summed E-state index contributed by atoms with van der Waals surface area (Å²) in [5, 5.41) is 4.88. The van der Waals surface area contributed by atoms with Gasteiger partial charge in [-0.15, -0.1) is 0 Å². The van der Waals surface area contributed by atoms with E-state index in [0.29, 0.717) is 4.90 Å². The summed E-state index contributed by atoms with van der Waals surface area (Å²) in [6.07, 6.45) is 0. The predicted octanol–water partition coefficient (Wildman–Crippen LogP) is -0.926. The van der Waals surface area contributed by atoms with Gasteiger partial charge in [-0.3, -0.25) is 24.1 Å². The first-order valence-corrected chi connectivity index (χ1v) is 7.36. The summed E-state index contributed by atoms with van der Waals surface area (Å²) < 4.78 is 0. The van der Waals surface area contributed by atoms with E-state index in [9.17, 15) is 24.0 Å². The van der Waals surface area contributed by atoms with Crippen molar-refractivity contribution in [2.75, 3.05) is 19.6 Å². The summed E-state index contributed by atoms with van der Waals surface area (Å²) in [6.45, 7) is 6.40. The molecule has 0 aromatic heterocycles. The van der Waals surface area contributed by atoms with Gasteiger partial charge < -0.3 is 10.6 Å². The highest BCUT2D eigenvalue weighted by atomic mass is 16.2. The zero-order valence-corrected chi connectivity index (χ0v) is 13.7. The number of urea groups is 1. The van der Waals surface area contributed by atoms with Crippen LogP contribution in [0, 0.1) is 5.92 Å². The Hall–Kier alpha value is -2.45. The van der Waals surface area contributed by atoms with Crippen LogP contribution >= 0.6 is 0 Å². The molecule has 1 aliphatic heterocycles. The number of carbonyl (C=O) groups excluding carboxylic acids is 5. The molecule has 128 valence electrons. The molecule has 0 aromatic carbocycles. The number of hydrogen-bond donors (Lipinski definition) is 2. The molecule has 2 N–H and O–H groups in total. The maximum absolute atomic E-state index is 12.0. The highest BCUT2D eigenvalue weighted by Crippen LogP contribution is 2.13. The van der Waals surface area contributed by atoms with Crippen molar-refractivity contribution >= 4 is 29.7 Å². The second-order valence-corrected chi connectivity index (χ2v) is 5.98. The number of carbonyl (C=O) groups is 5. The van der Waals surface area contributed by atoms with Gasteiger partial charge in [0.2, 0.25) is 11.8 Å². The highest BCUT2D eigenvalue weighted by Gasteiger charge is 2.45.